The average molecular weight is 286 g/mol. The molecule has 4 heteroatoms. The molecule has 0 heterocycles. The molecule has 0 aliphatic heterocycles. The number of unbranched alkanes of at least 4 members (excludes halogenated alkanes) is 1. The van der Waals surface area contributed by atoms with Crippen LogP contribution in [0.1, 0.15) is 19.3 Å². The zero-order valence-electron chi connectivity index (χ0n) is 9.32. The number of anilines is 1. The molecule has 1 aromatic rings. The van der Waals surface area contributed by atoms with Gasteiger partial charge in [0.2, 0.25) is 0 Å². The quantitative estimate of drug-likeness (QED) is 0.817. The standard InChI is InChI=1S/C12H16BrNO2/c1-14(9-3-2-4-12(15)16)11-7-5-10(13)6-8-11/h5-8H,2-4,9H2,1H3,(H,15,16). The van der Waals surface area contributed by atoms with Crippen molar-refractivity contribution in [3.63, 3.8) is 0 Å². The second-order valence-electron chi connectivity index (χ2n) is 3.75. The summed E-state index contributed by atoms with van der Waals surface area (Å²) < 4.78 is 1.07. The van der Waals surface area contributed by atoms with Gasteiger partial charge >= 0.3 is 5.97 Å². The molecule has 0 saturated carbocycles. The number of halogens is 1. The lowest BCUT2D eigenvalue weighted by molar-refractivity contribution is -0.137. The van der Waals surface area contributed by atoms with Gasteiger partial charge in [-0.3, -0.25) is 4.79 Å². The molecule has 0 spiro atoms. The Balaban J connectivity index is 2.32. The second-order valence-corrected chi connectivity index (χ2v) is 4.66. The van der Waals surface area contributed by atoms with Crippen molar-refractivity contribution < 1.29 is 9.90 Å². The molecule has 0 aliphatic rings. The number of hydrogen-bond donors (Lipinski definition) is 1. The third-order valence-electron chi connectivity index (χ3n) is 2.40. The van der Waals surface area contributed by atoms with Crippen LogP contribution >= 0.6 is 15.9 Å². The van der Waals surface area contributed by atoms with Gasteiger partial charge in [0.1, 0.15) is 0 Å². The lowest BCUT2D eigenvalue weighted by atomic mass is 10.2. The first-order chi connectivity index (χ1) is 7.59. The van der Waals surface area contributed by atoms with E-state index < -0.39 is 5.97 Å². The van der Waals surface area contributed by atoms with Crippen molar-refractivity contribution in [2.45, 2.75) is 19.3 Å². The van der Waals surface area contributed by atoms with Crippen LogP contribution in [0.15, 0.2) is 28.7 Å². The predicted octanol–water partition coefficient (Wildman–Crippen LogP) is 3.14. The molecule has 0 fully saturated rings. The summed E-state index contributed by atoms with van der Waals surface area (Å²) in [6, 6.07) is 8.09. The number of hydrogen-bond acceptors (Lipinski definition) is 2. The molecule has 88 valence electrons. The van der Waals surface area contributed by atoms with Crippen LogP contribution in [-0.2, 0) is 4.79 Å². The van der Waals surface area contributed by atoms with Crippen LogP contribution in [0.4, 0.5) is 5.69 Å². The fraction of sp³-hybridized carbons (Fsp3) is 0.417. The van der Waals surface area contributed by atoms with Gasteiger partial charge in [-0.2, -0.15) is 0 Å². The Bertz CT molecular complexity index is 337. The third-order valence-corrected chi connectivity index (χ3v) is 2.93. The fourth-order valence-electron chi connectivity index (χ4n) is 1.45. The van der Waals surface area contributed by atoms with Crippen LogP contribution in [-0.4, -0.2) is 24.7 Å². The van der Waals surface area contributed by atoms with Gasteiger partial charge in [-0.05, 0) is 37.1 Å². The topological polar surface area (TPSA) is 40.5 Å². The molecule has 1 aromatic carbocycles. The normalized spacial score (nSPS) is 10.1. The summed E-state index contributed by atoms with van der Waals surface area (Å²) in [7, 11) is 2.02. The molecule has 0 aromatic heterocycles. The number of carboxylic acids is 1. The smallest absolute Gasteiger partial charge is 0.303 e. The summed E-state index contributed by atoms with van der Waals surface area (Å²) in [4.78, 5) is 12.5. The van der Waals surface area contributed by atoms with E-state index in [9.17, 15) is 4.79 Å². The van der Waals surface area contributed by atoms with Crippen molar-refractivity contribution in [3.05, 3.63) is 28.7 Å². The molecule has 0 saturated heterocycles. The van der Waals surface area contributed by atoms with Crippen molar-refractivity contribution >= 4 is 27.6 Å². The van der Waals surface area contributed by atoms with Crippen molar-refractivity contribution in [1.29, 1.82) is 0 Å². The summed E-state index contributed by atoms with van der Waals surface area (Å²) in [5, 5.41) is 8.51. The molecule has 0 bridgehead atoms. The lowest BCUT2D eigenvalue weighted by Crippen LogP contribution is -2.18. The van der Waals surface area contributed by atoms with Gasteiger partial charge in [-0.25, -0.2) is 0 Å². The zero-order chi connectivity index (χ0) is 12.0. The van der Waals surface area contributed by atoms with Crippen LogP contribution in [0, 0.1) is 0 Å². The molecule has 1 N–H and O–H groups in total. The van der Waals surface area contributed by atoms with Crippen molar-refractivity contribution in [2.24, 2.45) is 0 Å². The minimum Gasteiger partial charge on any atom is -0.481 e. The highest BCUT2D eigenvalue weighted by atomic mass is 79.9. The molecule has 0 radical (unpaired) electrons. The van der Waals surface area contributed by atoms with E-state index in [0.717, 1.165) is 29.5 Å². The van der Waals surface area contributed by atoms with E-state index in [4.69, 9.17) is 5.11 Å². The van der Waals surface area contributed by atoms with Crippen molar-refractivity contribution in [1.82, 2.24) is 0 Å². The Labute approximate surface area is 104 Å². The minimum absolute atomic E-state index is 0.258. The van der Waals surface area contributed by atoms with Gasteiger partial charge in [0.05, 0.1) is 0 Å². The lowest BCUT2D eigenvalue weighted by Gasteiger charge is -2.18. The predicted molar refractivity (Wildman–Crippen MR) is 68.9 cm³/mol. The molecule has 16 heavy (non-hydrogen) atoms. The van der Waals surface area contributed by atoms with Gasteiger partial charge in [-0.15, -0.1) is 0 Å². The molecule has 0 unspecified atom stereocenters. The average Bonchev–Trinajstić information content (AvgIpc) is 2.25. The van der Waals surface area contributed by atoms with E-state index in [-0.39, 0.29) is 6.42 Å². The van der Waals surface area contributed by atoms with E-state index >= 15 is 0 Å². The number of rotatable bonds is 6. The number of carbonyl (C=O) groups is 1. The maximum atomic E-state index is 10.3. The third kappa shape index (κ3) is 4.66. The first kappa shape index (κ1) is 13.0. The maximum Gasteiger partial charge on any atom is 0.303 e. The first-order valence-corrected chi connectivity index (χ1v) is 6.07. The molecule has 0 atom stereocenters. The molecule has 1 rings (SSSR count). The van der Waals surface area contributed by atoms with Gasteiger partial charge in [0.25, 0.3) is 0 Å². The number of nitrogens with zero attached hydrogens (tertiary/aromatic N) is 1. The Kier molecular flexibility index (Phi) is 5.32. The number of aliphatic carboxylic acids is 1. The fourth-order valence-corrected chi connectivity index (χ4v) is 1.71. The maximum absolute atomic E-state index is 10.3. The van der Waals surface area contributed by atoms with Gasteiger partial charge in [0.15, 0.2) is 0 Å². The van der Waals surface area contributed by atoms with E-state index in [2.05, 4.69) is 20.8 Å². The van der Waals surface area contributed by atoms with Crippen molar-refractivity contribution in [3.8, 4) is 0 Å². The summed E-state index contributed by atoms with van der Waals surface area (Å²) in [6.07, 6.45) is 1.89. The van der Waals surface area contributed by atoms with E-state index in [1.165, 1.54) is 0 Å². The van der Waals surface area contributed by atoms with Crippen molar-refractivity contribution in [2.75, 3.05) is 18.5 Å². The largest absolute Gasteiger partial charge is 0.481 e. The van der Waals surface area contributed by atoms with Gasteiger partial charge in [-0.1, -0.05) is 15.9 Å². The molecular weight excluding hydrogens is 270 g/mol. The van der Waals surface area contributed by atoms with Crippen LogP contribution in [0.3, 0.4) is 0 Å². The summed E-state index contributed by atoms with van der Waals surface area (Å²) in [5.74, 6) is -0.716. The molecular formula is C12H16BrNO2. The van der Waals surface area contributed by atoms with Crippen LogP contribution in [0.2, 0.25) is 0 Å². The number of benzene rings is 1. The Morgan fingerprint density at radius 1 is 1.31 bits per heavy atom. The van der Waals surface area contributed by atoms with Crippen LogP contribution in [0.25, 0.3) is 0 Å². The summed E-state index contributed by atoms with van der Waals surface area (Å²) in [6.45, 7) is 0.884. The van der Waals surface area contributed by atoms with Crippen LogP contribution < -0.4 is 4.90 Å². The second kappa shape index (κ2) is 6.53. The Morgan fingerprint density at radius 3 is 2.50 bits per heavy atom. The Hall–Kier alpha value is -1.03. The van der Waals surface area contributed by atoms with Gasteiger partial charge in [0, 0.05) is 30.2 Å². The van der Waals surface area contributed by atoms with E-state index in [1.807, 2.05) is 31.3 Å². The zero-order valence-corrected chi connectivity index (χ0v) is 10.9. The minimum atomic E-state index is -0.716. The highest BCUT2D eigenvalue weighted by Crippen LogP contribution is 2.17. The van der Waals surface area contributed by atoms with Gasteiger partial charge < -0.3 is 10.0 Å². The molecule has 0 amide bonds. The first-order valence-electron chi connectivity index (χ1n) is 5.28. The molecule has 0 aliphatic carbocycles. The monoisotopic (exact) mass is 285 g/mol. The number of carboxylic acid groups (broad SMARTS) is 1. The van der Waals surface area contributed by atoms with Crippen LogP contribution in [0.5, 0.6) is 0 Å². The summed E-state index contributed by atoms with van der Waals surface area (Å²) >= 11 is 3.39. The SMILES string of the molecule is CN(CCCCC(=O)O)c1ccc(Br)cc1. The highest BCUT2D eigenvalue weighted by Gasteiger charge is 2.01. The summed E-state index contributed by atoms with van der Waals surface area (Å²) in [5.41, 5.74) is 1.15. The molecule has 3 nitrogen and oxygen atoms in total. The Morgan fingerprint density at radius 2 is 1.94 bits per heavy atom. The van der Waals surface area contributed by atoms with E-state index in [0.29, 0.717) is 0 Å². The van der Waals surface area contributed by atoms with E-state index in [1.54, 1.807) is 0 Å². The highest BCUT2D eigenvalue weighted by molar-refractivity contribution is 9.10.